The van der Waals surface area contributed by atoms with Gasteiger partial charge in [-0.2, -0.15) is 0 Å². The van der Waals surface area contributed by atoms with Crippen LogP contribution < -0.4 is 10.1 Å². The van der Waals surface area contributed by atoms with E-state index in [-0.39, 0.29) is 18.0 Å². The molecule has 10 heteroatoms. The number of thiocarbonyl (C=S) groups is 1. The minimum absolute atomic E-state index is 0.0681. The van der Waals surface area contributed by atoms with E-state index in [9.17, 15) is 14.4 Å². The van der Waals surface area contributed by atoms with Crippen molar-refractivity contribution in [2.45, 2.75) is 4.90 Å². The van der Waals surface area contributed by atoms with Crippen molar-refractivity contribution in [2.24, 2.45) is 0 Å². The maximum Gasteiger partial charge on any atom is 0.342 e. The van der Waals surface area contributed by atoms with Crippen LogP contribution in [0.3, 0.4) is 0 Å². The lowest BCUT2D eigenvalue weighted by atomic mass is 10.2. The van der Waals surface area contributed by atoms with Gasteiger partial charge in [-0.25, -0.2) is 4.79 Å². The van der Waals surface area contributed by atoms with Gasteiger partial charge in [0.15, 0.2) is 6.61 Å². The van der Waals surface area contributed by atoms with Gasteiger partial charge in [-0.05, 0) is 24.5 Å². The lowest BCUT2D eigenvalue weighted by Gasteiger charge is -2.15. The first-order valence-electron chi connectivity index (χ1n) is 7.59. The molecule has 0 aliphatic carbocycles. The average Bonchev–Trinajstić information content (AvgIpc) is 2.97. The fourth-order valence-electron chi connectivity index (χ4n) is 2.13. The van der Waals surface area contributed by atoms with Crippen molar-refractivity contribution in [1.29, 1.82) is 0 Å². The summed E-state index contributed by atoms with van der Waals surface area (Å²) in [5.41, 5.74) is 0.253. The summed E-state index contributed by atoms with van der Waals surface area (Å²) in [6.07, 6.45) is 1.91. The van der Waals surface area contributed by atoms with Crippen molar-refractivity contribution in [1.82, 2.24) is 10.2 Å². The number of ether oxygens (including phenoxy) is 2. The molecule has 26 heavy (non-hydrogen) atoms. The van der Waals surface area contributed by atoms with Crippen molar-refractivity contribution < 1.29 is 23.9 Å². The van der Waals surface area contributed by atoms with Gasteiger partial charge in [0, 0.05) is 18.0 Å². The van der Waals surface area contributed by atoms with E-state index in [0.717, 1.165) is 4.90 Å². The summed E-state index contributed by atoms with van der Waals surface area (Å²) >= 11 is 7.87. The van der Waals surface area contributed by atoms with Crippen LogP contribution in [0.1, 0.15) is 10.4 Å². The van der Waals surface area contributed by atoms with Crippen LogP contribution in [-0.2, 0) is 14.3 Å². The van der Waals surface area contributed by atoms with Crippen LogP contribution in [-0.4, -0.2) is 65.8 Å². The van der Waals surface area contributed by atoms with Crippen molar-refractivity contribution in [3.8, 4) is 5.75 Å². The summed E-state index contributed by atoms with van der Waals surface area (Å²) in [7, 11) is 1.46. The van der Waals surface area contributed by atoms with E-state index in [0.29, 0.717) is 22.4 Å². The molecule has 0 spiro atoms. The zero-order chi connectivity index (χ0) is 19.1. The van der Waals surface area contributed by atoms with Crippen molar-refractivity contribution >= 4 is 57.8 Å². The summed E-state index contributed by atoms with van der Waals surface area (Å²) in [4.78, 5) is 37.9. The van der Waals surface area contributed by atoms with E-state index in [1.165, 1.54) is 35.5 Å². The molecular weight excluding hydrogens is 396 g/mol. The molecule has 1 aliphatic rings. The molecule has 0 aromatic heterocycles. The molecule has 7 nitrogen and oxygen atoms in total. The van der Waals surface area contributed by atoms with Gasteiger partial charge in [0.05, 0.1) is 12.9 Å². The third-order valence-corrected chi connectivity index (χ3v) is 5.62. The molecule has 2 rings (SSSR count). The normalized spacial score (nSPS) is 13.7. The SMILES string of the molecule is COc1cc(SC)ccc1C(=O)OCC(=O)NCCN1C(=O)CSC1=S. The number of methoxy groups -OCH3 is 1. The minimum Gasteiger partial charge on any atom is -0.496 e. The molecule has 0 bridgehead atoms. The van der Waals surface area contributed by atoms with Gasteiger partial charge in [0.25, 0.3) is 5.91 Å². The molecule has 1 aliphatic heterocycles. The number of rotatable bonds is 8. The van der Waals surface area contributed by atoms with Gasteiger partial charge in [-0.1, -0.05) is 24.0 Å². The van der Waals surface area contributed by atoms with Crippen molar-refractivity contribution in [3.63, 3.8) is 0 Å². The van der Waals surface area contributed by atoms with Crippen LogP contribution in [0.5, 0.6) is 5.75 Å². The van der Waals surface area contributed by atoms with E-state index in [1.807, 2.05) is 6.26 Å². The summed E-state index contributed by atoms with van der Waals surface area (Å²) in [6.45, 7) is 0.113. The number of hydrogen-bond donors (Lipinski definition) is 1. The van der Waals surface area contributed by atoms with Gasteiger partial charge in [0.2, 0.25) is 5.91 Å². The summed E-state index contributed by atoms with van der Waals surface area (Å²) in [6, 6.07) is 5.11. The Labute approximate surface area is 165 Å². The molecule has 1 heterocycles. The van der Waals surface area contributed by atoms with Gasteiger partial charge < -0.3 is 14.8 Å². The first-order valence-corrected chi connectivity index (χ1v) is 10.2. The van der Waals surface area contributed by atoms with E-state index in [1.54, 1.807) is 18.2 Å². The zero-order valence-corrected chi connectivity index (χ0v) is 16.7. The van der Waals surface area contributed by atoms with Crippen LogP contribution in [0.15, 0.2) is 23.1 Å². The fraction of sp³-hybridized carbons (Fsp3) is 0.375. The second-order valence-electron chi connectivity index (χ2n) is 5.09. The van der Waals surface area contributed by atoms with Crippen LogP contribution in [0, 0.1) is 0 Å². The molecule has 0 atom stereocenters. The smallest absolute Gasteiger partial charge is 0.342 e. The van der Waals surface area contributed by atoms with Gasteiger partial charge in [-0.15, -0.1) is 11.8 Å². The second-order valence-corrected chi connectivity index (χ2v) is 7.58. The largest absolute Gasteiger partial charge is 0.496 e. The predicted octanol–water partition coefficient (Wildman–Crippen LogP) is 1.55. The second kappa shape index (κ2) is 9.79. The summed E-state index contributed by atoms with van der Waals surface area (Å²) in [5.74, 6) is -0.441. The van der Waals surface area contributed by atoms with E-state index in [4.69, 9.17) is 21.7 Å². The Bertz CT molecular complexity index is 710. The fourth-order valence-corrected chi connectivity index (χ4v) is 3.68. The highest BCUT2D eigenvalue weighted by molar-refractivity contribution is 8.23. The number of carbonyl (C=O) groups is 3. The Hall–Kier alpha value is -1.78. The van der Waals surface area contributed by atoms with Crippen LogP contribution in [0.2, 0.25) is 0 Å². The number of amides is 2. The lowest BCUT2D eigenvalue weighted by molar-refractivity contribution is -0.126. The Morgan fingerprint density at radius 3 is 2.81 bits per heavy atom. The van der Waals surface area contributed by atoms with E-state index in [2.05, 4.69) is 5.32 Å². The molecule has 0 radical (unpaired) electrons. The Kier molecular flexibility index (Phi) is 7.73. The molecule has 2 amide bonds. The molecular formula is C16H18N2O5S3. The first kappa shape index (κ1) is 20.5. The third kappa shape index (κ3) is 5.36. The number of thioether (sulfide) groups is 2. The maximum absolute atomic E-state index is 12.1. The van der Waals surface area contributed by atoms with Gasteiger partial charge in [-0.3, -0.25) is 14.5 Å². The first-order chi connectivity index (χ1) is 12.5. The standard InChI is InChI=1S/C16H18N2O5S3/c1-22-12-7-10(25-2)3-4-11(12)15(21)23-8-13(19)17-5-6-18-14(20)9-26-16(18)24/h3-4,7H,5-6,8-9H2,1-2H3,(H,17,19). The quantitative estimate of drug-likeness (QED) is 0.390. The average molecular weight is 415 g/mol. The highest BCUT2D eigenvalue weighted by atomic mass is 32.2. The number of nitrogens with zero attached hydrogens (tertiary/aromatic N) is 1. The lowest BCUT2D eigenvalue weighted by Crippen LogP contribution is -2.38. The third-order valence-electron chi connectivity index (χ3n) is 3.46. The zero-order valence-electron chi connectivity index (χ0n) is 14.3. The molecule has 1 N–H and O–H groups in total. The molecule has 1 fully saturated rings. The number of benzene rings is 1. The predicted molar refractivity (Wildman–Crippen MR) is 105 cm³/mol. The number of esters is 1. The summed E-state index contributed by atoms with van der Waals surface area (Å²) in [5, 5.41) is 2.59. The van der Waals surface area contributed by atoms with Crippen LogP contribution >= 0.6 is 35.7 Å². The highest BCUT2D eigenvalue weighted by Gasteiger charge is 2.26. The maximum atomic E-state index is 12.1. The van der Waals surface area contributed by atoms with E-state index >= 15 is 0 Å². The molecule has 1 aromatic rings. The van der Waals surface area contributed by atoms with Gasteiger partial charge >= 0.3 is 5.97 Å². The molecule has 1 saturated heterocycles. The topological polar surface area (TPSA) is 84.9 Å². The minimum atomic E-state index is -0.642. The Morgan fingerprint density at radius 1 is 1.42 bits per heavy atom. The van der Waals surface area contributed by atoms with Crippen molar-refractivity contribution in [2.75, 3.05) is 38.8 Å². The molecule has 1 aromatic carbocycles. The Morgan fingerprint density at radius 2 is 2.19 bits per heavy atom. The van der Waals surface area contributed by atoms with Crippen LogP contribution in [0.25, 0.3) is 0 Å². The van der Waals surface area contributed by atoms with Crippen LogP contribution in [0.4, 0.5) is 0 Å². The number of carbonyl (C=O) groups excluding carboxylic acids is 3. The Balaban J connectivity index is 1.79. The molecule has 0 saturated carbocycles. The molecule has 0 unspecified atom stereocenters. The summed E-state index contributed by atoms with van der Waals surface area (Å²) < 4.78 is 10.7. The highest BCUT2D eigenvalue weighted by Crippen LogP contribution is 2.25. The number of hydrogen-bond acceptors (Lipinski definition) is 8. The molecule has 140 valence electrons. The van der Waals surface area contributed by atoms with Crippen molar-refractivity contribution in [3.05, 3.63) is 23.8 Å². The van der Waals surface area contributed by atoms with E-state index < -0.39 is 18.5 Å². The van der Waals surface area contributed by atoms with Gasteiger partial charge in [0.1, 0.15) is 15.6 Å². The number of nitrogens with one attached hydrogen (secondary N) is 1. The monoisotopic (exact) mass is 414 g/mol.